The maximum Gasteiger partial charge on any atom is 0.258 e. The molecule has 2 aromatic rings. The Balaban J connectivity index is 2.81. The van der Waals surface area contributed by atoms with Gasteiger partial charge in [-0.1, -0.05) is 31.5 Å². The second-order valence-corrected chi connectivity index (χ2v) is 4.56. The van der Waals surface area contributed by atoms with E-state index in [1.165, 1.54) is 5.56 Å². The van der Waals surface area contributed by atoms with Gasteiger partial charge in [-0.15, -0.1) is 0 Å². The molecule has 90 valence electrons. The number of aryl methyl sites for hydroxylation is 3. The van der Waals surface area contributed by atoms with Crippen LogP contribution in [0.1, 0.15) is 31.4 Å². The van der Waals surface area contributed by atoms with E-state index in [0.717, 1.165) is 35.7 Å². The first-order valence-electron chi connectivity index (χ1n) is 6.30. The van der Waals surface area contributed by atoms with Gasteiger partial charge in [0.15, 0.2) is 0 Å². The molecule has 0 amide bonds. The molecule has 1 aromatic heterocycles. The number of hydrogen-bond acceptors (Lipinski definition) is 1. The Labute approximate surface area is 102 Å². The summed E-state index contributed by atoms with van der Waals surface area (Å²) in [6, 6.07) is 6.15. The summed E-state index contributed by atoms with van der Waals surface area (Å²) in [5.41, 5.74) is 2.54. The molecule has 0 bridgehead atoms. The van der Waals surface area contributed by atoms with Gasteiger partial charge in [-0.25, -0.2) is 0 Å². The van der Waals surface area contributed by atoms with Gasteiger partial charge in [-0.2, -0.15) is 0 Å². The highest BCUT2D eigenvalue weighted by molar-refractivity contribution is 5.85. The van der Waals surface area contributed by atoms with Crippen LogP contribution in [0.2, 0.25) is 0 Å². The topological polar surface area (TPSA) is 22.0 Å². The molecule has 1 aromatic carbocycles. The van der Waals surface area contributed by atoms with E-state index < -0.39 is 0 Å². The standard InChI is InChI=1S/C15H19NO/c1-4-8-16-10-12(5-2)13-7-6-11(3)9-14(13)15(16)17/h6-7,9-10H,4-5,8H2,1-3H3. The molecule has 1 heterocycles. The van der Waals surface area contributed by atoms with E-state index in [9.17, 15) is 4.79 Å². The van der Waals surface area contributed by atoms with Crippen molar-refractivity contribution in [2.75, 3.05) is 0 Å². The molecule has 0 fully saturated rings. The first-order valence-corrected chi connectivity index (χ1v) is 6.30. The zero-order valence-electron chi connectivity index (χ0n) is 10.8. The summed E-state index contributed by atoms with van der Waals surface area (Å²) in [5.74, 6) is 0. The van der Waals surface area contributed by atoms with Crippen LogP contribution in [0.4, 0.5) is 0 Å². The van der Waals surface area contributed by atoms with Crippen molar-refractivity contribution in [2.45, 2.75) is 40.2 Å². The molecule has 0 aliphatic carbocycles. The lowest BCUT2D eigenvalue weighted by molar-refractivity contribution is 0.655. The quantitative estimate of drug-likeness (QED) is 0.791. The van der Waals surface area contributed by atoms with E-state index in [2.05, 4.69) is 26.0 Å². The van der Waals surface area contributed by atoms with Crippen molar-refractivity contribution in [1.82, 2.24) is 4.57 Å². The van der Waals surface area contributed by atoms with Crippen LogP contribution in [-0.4, -0.2) is 4.57 Å². The van der Waals surface area contributed by atoms with E-state index in [1.807, 2.05) is 23.8 Å². The number of pyridine rings is 1. The SMILES string of the molecule is CCCn1cc(CC)c2ccc(C)cc2c1=O. The van der Waals surface area contributed by atoms with Crippen LogP contribution in [-0.2, 0) is 13.0 Å². The highest BCUT2D eigenvalue weighted by Crippen LogP contribution is 2.17. The third kappa shape index (κ3) is 2.12. The third-order valence-corrected chi connectivity index (χ3v) is 3.17. The summed E-state index contributed by atoms with van der Waals surface area (Å²) in [6.45, 7) is 7.06. The molecule has 0 unspecified atom stereocenters. The first-order chi connectivity index (χ1) is 8.17. The third-order valence-electron chi connectivity index (χ3n) is 3.17. The Morgan fingerprint density at radius 2 is 1.94 bits per heavy atom. The Bertz CT molecular complexity index is 596. The molecule has 0 saturated carbocycles. The minimum atomic E-state index is 0.141. The first kappa shape index (κ1) is 11.9. The normalized spacial score (nSPS) is 11.0. The molecule has 2 heteroatoms. The van der Waals surface area contributed by atoms with Gasteiger partial charge in [0.1, 0.15) is 0 Å². The molecular weight excluding hydrogens is 210 g/mol. The van der Waals surface area contributed by atoms with E-state index in [0.29, 0.717) is 0 Å². The molecule has 0 spiro atoms. The van der Waals surface area contributed by atoms with E-state index in [4.69, 9.17) is 0 Å². The van der Waals surface area contributed by atoms with Gasteiger partial charge in [0.05, 0.1) is 0 Å². The molecule has 2 rings (SSSR count). The fourth-order valence-electron chi connectivity index (χ4n) is 2.27. The number of benzene rings is 1. The lowest BCUT2D eigenvalue weighted by atomic mass is 10.0. The summed E-state index contributed by atoms with van der Waals surface area (Å²) in [7, 11) is 0. The van der Waals surface area contributed by atoms with E-state index in [-0.39, 0.29) is 5.56 Å². The second kappa shape index (κ2) is 4.74. The van der Waals surface area contributed by atoms with Gasteiger partial charge in [0.2, 0.25) is 0 Å². The number of aromatic nitrogens is 1. The molecule has 0 saturated heterocycles. The lowest BCUT2D eigenvalue weighted by Crippen LogP contribution is -2.20. The second-order valence-electron chi connectivity index (χ2n) is 4.56. The molecule has 0 atom stereocenters. The van der Waals surface area contributed by atoms with Crippen LogP contribution in [0.5, 0.6) is 0 Å². The summed E-state index contributed by atoms with van der Waals surface area (Å²) in [6.07, 6.45) is 3.97. The fraction of sp³-hybridized carbons (Fsp3) is 0.400. The summed E-state index contributed by atoms with van der Waals surface area (Å²) in [5, 5.41) is 1.97. The van der Waals surface area contributed by atoms with E-state index in [1.54, 1.807) is 0 Å². The maximum atomic E-state index is 12.3. The number of fused-ring (bicyclic) bond motifs is 1. The Morgan fingerprint density at radius 3 is 2.59 bits per heavy atom. The van der Waals surface area contributed by atoms with Crippen LogP contribution in [0, 0.1) is 6.92 Å². The van der Waals surface area contributed by atoms with Crippen molar-refractivity contribution in [3.63, 3.8) is 0 Å². The molecule has 17 heavy (non-hydrogen) atoms. The van der Waals surface area contributed by atoms with Crippen molar-refractivity contribution in [3.8, 4) is 0 Å². The van der Waals surface area contributed by atoms with Crippen LogP contribution in [0.3, 0.4) is 0 Å². The Hall–Kier alpha value is -1.57. The van der Waals surface area contributed by atoms with Crippen molar-refractivity contribution < 1.29 is 0 Å². The smallest absolute Gasteiger partial charge is 0.258 e. The van der Waals surface area contributed by atoms with Crippen LogP contribution in [0.15, 0.2) is 29.2 Å². The Morgan fingerprint density at radius 1 is 1.18 bits per heavy atom. The van der Waals surface area contributed by atoms with Gasteiger partial charge in [0, 0.05) is 18.1 Å². The maximum absolute atomic E-state index is 12.3. The van der Waals surface area contributed by atoms with Gasteiger partial charge < -0.3 is 4.57 Å². The molecule has 0 N–H and O–H groups in total. The molecule has 0 aliphatic rings. The van der Waals surface area contributed by atoms with E-state index >= 15 is 0 Å². The number of rotatable bonds is 3. The van der Waals surface area contributed by atoms with Crippen LogP contribution < -0.4 is 5.56 Å². The summed E-state index contributed by atoms with van der Waals surface area (Å²) < 4.78 is 1.85. The zero-order chi connectivity index (χ0) is 12.4. The van der Waals surface area contributed by atoms with Crippen LogP contribution >= 0.6 is 0 Å². The summed E-state index contributed by atoms with van der Waals surface area (Å²) >= 11 is 0. The Kier molecular flexibility index (Phi) is 3.32. The van der Waals surface area contributed by atoms with Crippen molar-refractivity contribution in [2.24, 2.45) is 0 Å². The summed E-state index contributed by atoms with van der Waals surface area (Å²) in [4.78, 5) is 12.3. The van der Waals surface area contributed by atoms with Gasteiger partial charge in [0.25, 0.3) is 5.56 Å². The van der Waals surface area contributed by atoms with Crippen molar-refractivity contribution in [1.29, 1.82) is 0 Å². The predicted molar refractivity (Wildman–Crippen MR) is 72.6 cm³/mol. The lowest BCUT2D eigenvalue weighted by Gasteiger charge is -2.10. The zero-order valence-corrected chi connectivity index (χ0v) is 10.8. The largest absolute Gasteiger partial charge is 0.315 e. The molecular formula is C15H19NO. The predicted octanol–water partition coefficient (Wildman–Crippen LogP) is 3.28. The molecule has 2 nitrogen and oxygen atoms in total. The van der Waals surface area contributed by atoms with Crippen molar-refractivity contribution >= 4 is 10.8 Å². The van der Waals surface area contributed by atoms with Gasteiger partial charge in [-0.05, 0) is 36.8 Å². The minimum Gasteiger partial charge on any atom is -0.315 e. The molecule has 0 radical (unpaired) electrons. The monoisotopic (exact) mass is 229 g/mol. The molecule has 0 aliphatic heterocycles. The highest BCUT2D eigenvalue weighted by atomic mass is 16.1. The van der Waals surface area contributed by atoms with Crippen molar-refractivity contribution in [3.05, 3.63) is 45.9 Å². The fourth-order valence-corrected chi connectivity index (χ4v) is 2.27. The van der Waals surface area contributed by atoms with Gasteiger partial charge in [-0.3, -0.25) is 4.79 Å². The number of hydrogen-bond donors (Lipinski definition) is 0. The average Bonchev–Trinajstić information content (AvgIpc) is 2.33. The van der Waals surface area contributed by atoms with Gasteiger partial charge >= 0.3 is 0 Å². The average molecular weight is 229 g/mol. The highest BCUT2D eigenvalue weighted by Gasteiger charge is 2.07. The minimum absolute atomic E-state index is 0.141. The van der Waals surface area contributed by atoms with Crippen LogP contribution in [0.25, 0.3) is 10.8 Å². The number of nitrogens with zero attached hydrogens (tertiary/aromatic N) is 1.